The lowest BCUT2D eigenvalue weighted by atomic mass is 10.0. The number of hydrogen-bond acceptors (Lipinski definition) is 3. The van der Waals surface area contributed by atoms with Gasteiger partial charge in [-0.2, -0.15) is 0 Å². The Morgan fingerprint density at radius 3 is 2.44 bits per heavy atom. The van der Waals surface area contributed by atoms with E-state index in [9.17, 15) is 9.59 Å². The van der Waals surface area contributed by atoms with Crippen LogP contribution in [0, 0.1) is 0 Å². The molecule has 25 heavy (non-hydrogen) atoms. The first-order chi connectivity index (χ1) is 12.1. The molecule has 126 valence electrons. The van der Waals surface area contributed by atoms with Gasteiger partial charge in [0.15, 0.2) is 5.78 Å². The summed E-state index contributed by atoms with van der Waals surface area (Å²) in [5.74, 6) is -0.371. The number of ketones is 1. The zero-order chi connectivity index (χ0) is 17.6. The number of nitrogens with one attached hydrogen (secondary N) is 1. The summed E-state index contributed by atoms with van der Waals surface area (Å²) in [6.45, 7) is 1.50. The van der Waals surface area contributed by atoms with Crippen molar-refractivity contribution in [1.29, 1.82) is 0 Å². The van der Waals surface area contributed by atoms with Gasteiger partial charge in [0.25, 0.3) is 5.91 Å². The lowest BCUT2D eigenvalue weighted by molar-refractivity contribution is -0.118. The standard InChI is InChI=1S/C21H20N2O2/c1-15(24)18(13-11-16-7-3-2-4-8-16)23-21(25)20-14-12-17-9-5-6-10-19(17)22-20/h2-10,12,14,18H,11,13H2,1H3,(H,23,25). The minimum absolute atomic E-state index is 0.0509. The van der Waals surface area contributed by atoms with Gasteiger partial charge >= 0.3 is 0 Å². The van der Waals surface area contributed by atoms with E-state index >= 15 is 0 Å². The summed E-state index contributed by atoms with van der Waals surface area (Å²) in [6.07, 6.45) is 1.30. The van der Waals surface area contributed by atoms with Crippen molar-refractivity contribution in [2.24, 2.45) is 0 Å². The molecule has 3 rings (SSSR count). The van der Waals surface area contributed by atoms with Gasteiger partial charge in [0, 0.05) is 5.39 Å². The van der Waals surface area contributed by atoms with E-state index in [0.29, 0.717) is 12.1 Å². The largest absolute Gasteiger partial charge is 0.341 e. The van der Waals surface area contributed by atoms with Crippen LogP contribution < -0.4 is 5.32 Å². The summed E-state index contributed by atoms with van der Waals surface area (Å²) >= 11 is 0. The van der Waals surface area contributed by atoms with Gasteiger partial charge in [-0.3, -0.25) is 9.59 Å². The molecule has 1 unspecified atom stereocenters. The number of aromatic nitrogens is 1. The topological polar surface area (TPSA) is 59.1 Å². The first-order valence-electron chi connectivity index (χ1n) is 8.34. The molecule has 1 amide bonds. The first kappa shape index (κ1) is 16.8. The number of para-hydroxylation sites is 1. The summed E-state index contributed by atoms with van der Waals surface area (Å²) in [5, 5.41) is 3.79. The molecule has 1 atom stereocenters. The van der Waals surface area contributed by atoms with E-state index in [1.54, 1.807) is 6.07 Å². The molecule has 1 heterocycles. The molecule has 0 saturated heterocycles. The molecule has 0 fully saturated rings. The highest BCUT2D eigenvalue weighted by Gasteiger charge is 2.18. The maximum absolute atomic E-state index is 12.5. The van der Waals surface area contributed by atoms with E-state index in [1.165, 1.54) is 6.92 Å². The average Bonchev–Trinajstić information content (AvgIpc) is 2.65. The third kappa shape index (κ3) is 4.29. The molecule has 0 aliphatic carbocycles. The van der Waals surface area contributed by atoms with Gasteiger partial charge in [-0.1, -0.05) is 54.6 Å². The van der Waals surface area contributed by atoms with Crippen molar-refractivity contribution in [2.45, 2.75) is 25.8 Å². The van der Waals surface area contributed by atoms with E-state index in [1.807, 2.05) is 60.7 Å². The number of carbonyl (C=O) groups is 2. The number of fused-ring (bicyclic) bond motifs is 1. The zero-order valence-corrected chi connectivity index (χ0v) is 14.1. The van der Waals surface area contributed by atoms with Crippen LogP contribution >= 0.6 is 0 Å². The Bertz CT molecular complexity index is 891. The fraction of sp³-hybridized carbons (Fsp3) is 0.190. The Morgan fingerprint density at radius 2 is 1.68 bits per heavy atom. The fourth-order valence-electron chi connectivity index (χ4n) is 2.76. The number of rotatable bonds is 6. The quantitative estimate of drug-likeness (QED) is 0.751. The molecule has 0 bridgehead atoms. The lowest BCUT2D eigenvalue weighted by Crippen LogP contribution is -2.40. The highest BCUT2D eigenvalue weighted by atomic mass is 16.2. The van der Waals surface area contributed by atoms with Gasteiger partial charge in [-0.25, -0.2) is 4.98 Å². The smallest absolute Gasteiger partial charge is 0.270 e. The second-order valence-corrected chi connectivity index (χ2v) is 6.05. The third-order valence-corrected chi connectivity index (χ3v) is 4.19. The van der Waals surface area contributed by atoms with Crippen LogP contribution in [0.4, 0.5) is 0 Å². The van der Waals surface area contributed by atoms with Crippen molar-refractivity contribution in [2.75, 3.05) is 0 Å². The molecule has 0 aliphatic heterocycles. The highest BCUT2D eigenvalue weighted by Crippen LogP contribution is 2.12. The van der Waals surface area contributed by atoms with Crippen LogP contribution in [0.25, 0.3) is 10.9 Å². The summed E-state index contributed by atoms with van der Waals surface area (Å²) in [7, 11) is 0. The van der Waals surface area contributed by atoms with Crippen LogP contribution in [-0.2, 0) is 11.2 Å². The van der Waals surface area contributed by atoms with Crippen LogP contribution in [-0.4, -0.2) is 22.7 Å². The number of pyridine rings is 1. The van der Waals surface area contributed by atoms with Gasteiger partial charge in [-0.15, -0.1) is 0 Å². The van der Waals surface area contributed by atoms with Crippen molar-refractivity contribution in [3.05, 3.63) is 78.0 Å². The van der Waals surface area contributed by atoms with E-state index in [4.69, 9.17) is 0 Å². The lowest BCUT2D eigenvalue weighted by Gasteiger charge is -2.16. The van der Waals surface area contributed by atoms with E-state index < -0.39 is 6.04 Å². The molecular weight excluding hydrogens is 312 g/mol. The Morgan fingerprint density at radius 1 is 0.960 bits per heavy atom. The SMILES string of the molecule is CC(=O)C(CCc1ccccc1)NC(=O)c1ccc2ccccc2n1. The van der Waals surface area contributed by atoms with E-state index in [0.717, 1.165) is 22.9 Å². The van der Waals surface area contributed by atoms with Gasteiger partial charge < -0.3 is 5.32 Å². The molecule has 0 aliphatic rings. The minimum Gasteiger partial charge on any atom is -0.341 e. The monoisotopic (exact) mass is 332 g/mol. The summed E-state index contributed by atoms with van der Waals surface area (Å²) in [6, 6.07) is 20.6. The second kappa shape index (κ2) is 7.71. The van der Waals surface area contributed by atoms with Crippen LogP contribution in [0.3, 0.4) is 0 Å². The Balaban J connectivity index is 1.70. The van der Waals surface area contributed by atoms with Crippen molar-refractivity contribution >= 4 is 22.6 Å². The number of carbonyl (C=O) groups excluding carboxylic acids is 2. The molecule has 0 spiro atoms. The van der Waals surface area contributed by atoms with E-state index in [-0.39, 0.29) is 11.7 Å². The molecule has 0 saturated carbocycles. The maximum atomic E-state index is 12.5. The Labute approximate surface area is 146 Å². The molecule has 1 N–H and O–H groups in total. The number of nitrogens with zero attached hydrogens (tertiary/aromatic N) is 1. The highest BCUT2D eigenvalue weighted by molar-refractivity contribution is 5.97. The summed E-state index contributed by atoms with van der Waals surface area (Å²) < 4.78 is 0. The van der Waals surface area contributed by atoms with Crippen LogP contribution in [0.2, 0.25) is 0 Å². The number of amides is 1. The van der Waals surface area contributed by atoms with Gasteiger partial charge in [0.2, 0.25) is 0 Å². The first-order valence-corrected chi connectivity index (χ1v) is 8.34. The molecule has 1 aromatic heterocycles. The van der Waals surface area contributed by atoms with Gasteiger partial charge in [0.1, 0.15) is 5.69 Å². The summed E-state index contributed by atoms with van der Waals surface area (Å²) in [4.78, 5) is 28.8. The predicted molar refractivity (Wildman–Crippen MR) is 98.4 cm³/mol. The Hall–Kier alpha value is -3.01. The van der Waals surface area contributed by atoms with Gasteiger partial charge in [0.05, 0.1) is 11.6 Å². The van der Waals surface area contributed by atoms with Crippen LogP contribution in [0.5, 0.6) is 0 Å². The number of aryl methyl sites for hydroxylation is 1. The van der Waals surface area contributed by atoms with E-state index in [2.05, 4.69) is 10.3 Å². The Kier molecular flexibility index (Phi) is 5.19. The number of hydrogen-bond donors (Lipinski definition) is 1. The average molecular weight is 332 g/mol. The molecular formula is C21H20N2O2. The van der Waals surface area contributed by atoms with Crippen molar-refractivity contribution in [1.82, 2.24) is 10.3 Å². The maximum Gasteiger partial charge on any atom is 0.270 e. The zero-order valence-electron chi connectivity index (χ0n) is 14.1. The molecule has 3 aromatic rings. The van der Waals surface area contributed by atoms with Crippen molar-refractivity contribution in [3.63, 3.8) is 0 Å². The second-order valence-electron chi connectivity index (χ2n) is 6.05. The molecule has 4 nitrogen and oxygen atoms in total. The predicted octanol–water partition coefficient (Wildman–Crippen LogP) is 3.56. The van der Waals surface area contributed by atoms with Gasteiger partial charge in [-0.05, 0) is 37.5 Å². The fourth-order valence-corrected chi connectivity index (χ4v) is 2.76. The molecule has 4 heteroatoms. The molecule has 0 radical (unpaired) electrons. The number of Topliss-reactive ketones (excluding diaryl/α,β-unsaturated/α-hetero) is 1. The van der Waals surface area contributed by atoms with Crippen LogP contribution in [0.15, 0.2) is 66.7 Å². The van der Waals surface area contributed by atoms with Crippen molar-refractivity contribution in [3.8, 4) is 0 Å². The number of benzene rings is 2. The normalized spacial score (nSPS) is 11.9. The van der Waals surface area contributed by atoms with Crippen molar-refractivity contribution < 1.29 is 9.59 Å². The third-order valence-electron chi connectivity index (χ3n) is 4.19. The minimum atomic E-state index is -0.513. The molecule has 2 aromatic carbocycles. The summed E-state index contributed by atoms with van der Waals surface area (Å²) in [5.41, 5.74) is 2.23. The van der Waals surface area contributed by atoms with Crippen LogP contribution in [0.1, 0.15) is 29.4 Å².